The Morgan fingerprint density at radius 1 is 1.15 bits per heavy atom. The summed E-state index contributed by atoms with van der Waals surface area (Å²) in [5.41, 5.74) is 0.659. The minimum atomic E-state index is 0.365. The van der Waals surface area contributed by atoms with Gasteiger partial charge in [-0.3, -0.25) is 0 Å². The Hall–Kier alpha value is -0.0800. The summed E-state index contributed by atoms with van der Waals surface area (Å²) in [6.45, 7) is 0. The first-order chi connectivity index (χ1) is 6.40. The summed E-state index contributed by atoms with van der Waals surface area (Å²) in [7, 11) is 0. The molecule has 0 aliphatic heterocycles. The molecule has 2 bridgehead atoms. The highest BCUT2D eigenvalue weighted by molar-refractivity contribution is 9.09. The van der Waals surface area contributed by atoms with Crippen LogP contribution in [0, 0.1) is 23.7 Å². The number of alkyl halides is 1. The van der Waals surface area contributed by atoms with Crippen LogP contribution < -0.4 is 0 Å². The molecule has 13 heavy (non-hydrogen) atoms. The average Bonchev–Trinajstić information content (AvgIpc) is 2.74. The molecule has 3 aliphatic rings. The van der Waals surface area contributed by atoms with Gasteiger partial charge in [-0.05, 0) is 24.2 Å². The van der Waals surface area contributed by atoms with Gasteiger partial charge in [0.05, 0.1) is 6.10 Å². The molecule has 1 fully saturated rings. The van der Waals surface area contributed by atoms with Crippen LogP contribution in [-0.2, 0) is 4.74 Å². The number of hydrogen-bond acceptors (Lipinski definition) is 1. The van der Waals surface area contributed by atoms with E-state index in [0.29, 0.717) is 11.6 Å². The zero-order valence-corrected chi connectivity index (χ0v) is 8.98. The summed E-state index contributed by atoms with van der Waals surface area (Å²) >= 11 is 3.34. The van der Waals surface area contributed by atoms with Crippen molar-refractivity contribution in [3.8, 4) is 0 Å². The Bertz CT molecular complexity index is 271. The van der Waals surface area contributed by atoms with Gasteiger partial charge in [-0.25, -0.2) is 0 Å². The lowest BCUT2D eigenvalue weighted by molar-refractivity contribution is 0.0684. The van der Waals surface area contributed by atoms with E-state index < -0.39 is 0 Å². The Balaban J connectivity index is 1.83. The van der Waals surface area contributed by atoms with E-state index in [-0.39, 0.29) is 0 Å². The van der Waals surface area contributed by atoms with Crippen LogP contribution in [0.25, 0.3) is 0 Å². The van der Waals surface area contributed by atoms with Crippen molar-refractivity contribution >= 4 is 15.9 Å². The Kier molecular flexibility index (Phi) is 1.88. The maximum atomic E-state index is 5.67. The normalized spacial score (nSPS) is 50.4. The Labute approximate surface area is 87.0 Å². The van der Waals surface area contributed by atoms with E-state index in [2.05, 4.69) is 40.2 Å². The van der Waals surface area contributed by atoms with Gasteiger partial charge < -0.3 is 4.74 Å². The second-order valence-corrected chi connectivity index (χ2v) is 4.69. The van der Waals surface area contributed by atoms with Crippen LogP contribution in [0.3, 0.4) is 0 Å². The molecule has 1 nitrogen and oxygen atoms in total. The van der Waals surface area contributed by atoms with Crippen molar-refractivity contribution in [1.82, 2.24) is 0 Å². The molecule has 2 heteroatoms. The van der Waals surface area contributed by atoms with Crippen LogP contribution in [0.5, 0.6) is 0 Å². The van der Waals surface area contributed by atoms with E-state index in [0.717, 1.165) is 23.7 Å². The molecule has 0 aromatic rings. The van der Waals surface area contributed by atoms with Crippen molar-refractivity contribution in [3.63, 3.8) is 0 Å². The minimum Gasteiger partial charge on any atom is -0.363 e. The van der Waals surface area contributed by atoms with Gasteiger partial charge >= 0.3 is 0 Å². The van der Waals surface area contributed by atoms with Gasteiger partial charge in [-0.1, -0.05) is 40.2 Å². The summed E-state index contributed by atoms with van der Waals surface area (Å²) in [4.78, 5) is 0. The fourth-order valence-corrected chi connectivity index (χ4v) is 3.54. The molecule has 0 amide bonds. The van der Waals surface area contributed by atoms with Gasteiger partial charge in [0.25, 0.3) is 0 Å². The summed E-state index contributed by atoms with van der Waals surface area (Å²) in [5, 5.41) is 0. The first kappa shape index (κ1) is 8.25. The highest BCUT2D eigenvalue weighted by Crippen LogP contribution is 2.53. The first-order valence-corrected chi connectivity index (χ1v) is 6.06. The van der Waals surface area contributed by atoms with E-state index >= 15 is 0 Å². The molecule has 0 aromatic heterocycles. The third kappa shape index (κ3) is 1.08. The first-order valence-electron chi connectivity index (χ1n) is 4.94. The molecule has 70 valence electrons. The molecular formula is C11H13BrO. The lowest BCUT2D eigenvalue weighted by Gasteiger charge is -2.25. The molecule has 0 saturated heterocycles. The third-order valence-corrected chi connectivity index (χ3v) is 4.01. The summed E-state index contributed by atoms with van der Waals surface area (Å²) in [5.74, 6) is 3.12. The van der Waals surface area contributed by atoms with E-state index in [9.17, 15) is 0 Å². The molecule has 5 atom stereocenters. The topological polar surface area (TPSA) is 9.23 Å². The largest absolute Gasteiger partial charge is 0.363 e. The predicted octanol–water partition coefficient (Wildman–Crippen LogP) is 2.73. The van der Waals surface area contributed by atoms with Crippen molar-refractivity contribution in [2.45, 2.75) is 12.5 Å². The van der Waals surface area contributed by atoms with Crippen molar-refractivity contribution in [3.05, 3.63) is 24.3 Å². The van der Waals surface area contributed by atoms with E-state index in [1.165, 1.54) is 6.42 Å². The van der Waals surface area contributed by atoms with E-state index in [1.807, 2.05) is 0 Å². The standard InChI is InChI=1S/C11H13BrO/c12-6-13-10-4-3-9-7-1-2-8(5-7)11(9)10/h1-4,7-11H,5-6H2. The molecule has 0 spiro atoms. The van der Waals surface area contributed by atoms with Gasteiger partial charge in [0.15, 0.2) is 0 Å². The smallest absolute Gasteiger partial charge is 0.102 e. The average molecular weight is 241 g/mol. The number of halogens is 1. The summed E-state index contributed by atoms with van der Waals surface area (Å²) in [6, 6.07) is 0. The van der Waals surface area contributed by atoms with E-state index in [4.69, 9.17) is 4.74 Å². The predicted molar refractivity (Wildman–Crippen MR) is 55.5 cm³/mol. The molecule has 0 heterocycles. The highest BCUT2D eigenvalue weighted by Gasteiger charge is 2.49. The van der Waals surface area contributed by atoms with Crippen molar-refractivity contribution < 1.29 is 4.74 Å². The molecule has 3 rings (SSSR count). The number of rotatable bonds is 2. The second-order valence-electron chi connectivity index (χ2n) is 4.23. The SMILES string of the molecule is BrCOC1C=CC2C3C=CC(C3)C12. The molecule has 0 aromatic carbocycles. The zero-order chi connectivity index (χ0) is 8.84. The lowest BCUT2D eigenvalue weighted by atomic mass is 9.84. The summed E-state index contributed by atoms with van der Waals surface area (Å²) < 4.78 is 5.67. The van der Waals surface area contributed by atoms with Crippen molar-refractivity contribution in [2.75, 3.05) is 5.52 Å². The molecule has 5 unspecified atom stereocenters. The van der Waals surface area contributed by atoms with Crippen LogP contribution in [-0.4, -0.2) is 11.6 Å². The third-order valence-electron chi connectivity index (χ3n) is 3.74. The van der Waals surface area contributed by atoms with Gasteiger partial charge in [-0.15, -0.1) is 0 Å². The Morgan fingerprint density at radius 3 is 2.85 bits per heavy atom. The molecular weight excluding hydrogens is 228 g/mol. The van der Waals surface area contributed by atoms with Crippen LogP contribution in [0.15, 0.2) is 24.3 Å². The molecule has 3 aliphatic carbocycles. The van der Waals surface area contributed by atoms with Crippen molar-refractivity contribution in [2.24, 2.45) is 23.7 Å². The fraction of sp³-hybridized carbons (Fsp3) is 0.636. The van der Waals surface area contributed by atoms with Gasteiger partial charge in [0, 0.05) is 5.92 Å². The lowest BCUT2D eigenvalue weighted by Crippen LogP contribution is -2.26. The van der Waals surface area contributed by atoms with Gasteiger partial charge in [-0.2, -0.15) is 0 Å². The zero-order valence-electron chi connectivity index (χ0n) is 7.40. The number of hydrogen-bond donors (Lipinski definition) is 0. The number of allylic oxidation sites excluding steroid dienone is 3. The van der Waals surface area contributed by atoms with Crippen LogP contribution >= 0.6 is 15.9 Å². The van der Waals surface area contributed by atoms with E-state index in [1.54, 1.807) is 0 Å². The van der Waals surface area contributed by atoms with Gasteiger partial charge in [0.2, 0.25) is 0 Å². The quantitative estimate of drug-likeness (QED) is 0.533. The highest BCUT2D eigenvalue weighted by atomic mass is 79.9. The fourth-order valence-electron chi connectivity index (χ4n) is 3.24. The van der Waals surface area contributed by atoms with Crippen LogP contribution in [0.4, 0.5) is 0 Å². The van der Waals surface area contributed by atoms with Crippen molar-refractivity contribution in [1.29, 1.82) is 0 Å². The minimum absolute atomic E-state index is 0.365. The molecule has 1 saturated carbocycles. The van der Waals surface area contributed by atoms with Gasteiger partial charge in [0.1, 0.15) is 5.52 Å². The molecule has 0 N–H and O–H groups in total. The summed E-state index contributed by atoms with van der Waals surface area (Å²) in [6.07, 6.45) is 11.1. The monoisotopic (exact) mass is 240 g/mol. The second kappa shape index (κ2) is 2.96. The number of ether oxygens (including phenoxy) is 1. The Morgan fingerprint density at radius 2 is 2.00 bits per heavy atom. The number of fused-ring (bicyclic) bond motifs is 5. The van der Waals surface area contributed by atoms with Crippen LogP contribution in [0.2, 0.25) is 0 Å². The van der Waals surface area contributed by atoms with Crippen LogP contribution in [0.1, 0.15) is 6.42 Å². The molecule has 0 radical (unpaired) electrons. The maximum Gasteiger partial charge on any atom is 0.102 e. The maximum absolute atomic E-state index is 5.67.